The minimum Gasteiger partial charge on any atom is -0.492 e. The van der Waals surface area contributed by atoms with Crippen LogP contribution in [-0.2, 0) is 16.1 Å². The number of ether oxygens (including phenoxy) is 2. The number of esters is 1. The minimum absolute atomic E-state index is 0.0473. The molecule has 2 aromatic heterocycles. The van der Waals surface area contributed by atoms with Crippen LogP contribution in [0.15, 0.2) is 30.3 Å². The Labute approximate surface area is 163 Å². The summed E-state index contributed by atoms with van der Waals surface area (Å²) in [7, 11) is 0. The van der Waals surface area contributed by atoms with E-state index in [1.165, 1.54) is 4.52 Å². The van der Waals surface area contributed by atoms with Crippen LogP contribution >= 0.6 is 34.8 Å². The van der Waals surface area contributed by atoms with Crippen LogP contribution in [0.25, 0.3) is 5.65 Å². The maximum Gasteiger partial charge on any atom is 0.306 e. The standard InChI is InChI=1S/C16H13Cl3N4O3/c17-10-3-1-4-11(16(10)19)25-8-2-5-15(24)26-9-14-21-20-13-7-6-12(18)22-23(13)14/h1,3-4,6-7H,2,5,8-9H2. The molecule has 3 rings (SSSR count). The molecule has 3 aromatic rings. The van der Waals surface area contributed by atoms with E-state index in [-0.39, 0.29) is 19.0 Å². The maximum atomic E-state index is 11.8. The summed E-state index contributed by atoms with van der Waals surface area (Å²) in [6.07, 6.45) is 0.648. The molecule has 0 saturated heterocycles. The molecule has 7 nitrogen and oxygen atoms in total. The van der Waals surface area contributed by atoms with Crippen molar-refractivity contribution in [3.05, 3.63) is 51.4 Å². The van der Waals surface area contributed by atoms with Crippen molar-refractivity contribution in [3.63, 3.8) is 0 Å². The number of hydrogen-bond acceptors (Lipinski definition) is 6. The van der Waals surface area contributed by atoms with Gasteiger partial charge in [0.2, 0.25) is 0 Å². The van der Waals surface area contributed by atoms with Gasteiger partial charge in [-0.1, -0.05) is 40.9 Å². The average Bonchev–Trinajstić information content (AvgIpc) is 3.02. The van der Waals surface area contributed by atoms with Crippen LogP contribution in [0.4, 0.5) is 0 Å². The molecule has 10 heteroatoms. The summed E-state index contributed by atoms with van der Waals surface area (Å²) in [5.41, 5.74) is 0.521. The van der Waals surface area contributed by atoms with E-state index in [2.05, 4.69) is 15.3 Å². The number of halogens is 3. The van der Waals surface area contributed by atoms with E-state index >= 15 is 0 Å². The van der Waals surface area contributed by atoms with Crippen molar-refractivity contribution in [3.8, 4) is 5.75 Å². The first kappa shape index (κ1) is 18.7. The van der Waals surface area contributed by atoms with Gasteiger partial charge in [-0.25, -0.2) is 0 Å². The fourth-order valence-electron chi connectivity index (χ4n) is 2.11. The van der Waals surface area contributed by atoms with Crippen LogP contribution in [0.1, 0.15) is 18.7 Å². The number of benzene rings is 1. The molecule has 0 N–H and O–H groups in total. The lowest BCUT2D eigenvalue weighted by atomic mass is 10.3. The summed E-state index contributed by atoms with van der Waals surface area (Å²) in [6, 6.07) is 8.39. The van der Waals surface area contributed by atoms with Crippen LogP contribution in [0.3, 0.4) is 0 Å². The monoisotopic (exact) mass is 414 g/mol. The molecular formula is C16H13Cl3N4O3. The zero-order chi connectivity index (χ0) is 18.5. The summed E-state index contributed by atoms with van der Waals surface area (Å²) >= 11 is 17.8. The van der Waals surface area contributed by atoms with Gasteiger partial charge < -0.3 is 9.47 Å². The average molecular weight is 416 g/mol. The zero-order valence-electron chi connectivity index (χ0n) is 13.4. The number of aromatic nitrogens is 4. The van der Waals surface area contributed by atoms with Gasteiger partial charge >= 0.3 is 5.97 Å². The minimum atomic E-state index is -0.385. The number of nitrogens with zero attached hydrogens (tertiary/aromatic N) is 4. The molecular weight excluding hydrogens is 403 g/mol. The molecule has 0 spiro atoms. The van der Waals surface area contributed by atoms with E-state index in [1.807, 2.05) is 0 Å². The predicted molar refractivity (Wildman–Crippen MR) is 96.8 cm³/mol. The predicted octanol–water partition coefficient (Wildman–Crippen LogP) is 3.99. The Morgan fingerprint density at radius 1 is 1.12 bits per heavy atom. The lowest BCUT2D eigenvalue weighted by Gasteiger charge is -2.08. The van der Waals surface area contributed by atoms with Crippen molar-refractivity contribution in [1.29, 1.82) is 0 Å². The number of hydrogen-bond donors (Lipinski definition) is 0. The second-order valence-corrected chi connectivity index (χ2v) is 6.38. The Morgan fingerprint density at radius 3 is 2.81 bits per heavy atom. The van der Waals surface area contributed by atoms with Crippen molar-refractivity contribution in [2.45, 2.75) is 19.4 Å². The van der Waals surface area contributed by atoms with E-state index < -0.39 is 0 Å². The van der Waals surface area contributed by atoms with Crippen molar-refractivity contribution in [1.82, 2.24) is 19.8 Å². The van der Waals surface area contributed by atoms with E-state index in [9.17, 15) is 4.79 Å². The molecule has 0 fully saturated rings. The van der Waals surface area contributed by atoms with Gasteiger partial charge in [-0.3, -0.25) is 4.79 Å². The fourth-order valence-corrected chi connectivity index (χ4v) is 2.60. The van der Waals surface area contributed by atoms with Gasteiger partial charge in [0.25, 0.3) is 0 Å². The van der Waals surface area contributed by atoms with E-state index in [0.29, 0.717) is 45.4 Å². The van der Waals surface area contributed by atoms with E-state index in [4.69, 9.17) is 44.3 Å². The van der Waals surface area contributed by atoms with Crippen LogP contribution in [0.5, 0.6) is 5.75 Å². The van der Waals surface area contributed by atoms with Gasteiger partial charge in [-0.05, 0) is 30.7 Å². The maximum absolute atomic E-state index is 11.8. The molecule has 0 saturated carbocycles. The molecule has 0 aliphatic rings. The number of fused-ring (bicyclic) bond motifs is 1. The molecule has 136 valence electrons. The summed E-state index contributed by atoms with van der Waals surface area (Å²) in [6.45, 7) is 0.258. The highest BCUT2D eigenvalue weighted by molar-refractivity contribution is 6.42. The summed E-state index contributed by atoms with van der Waals surface area (Å²) in [5, 5.41) is 13.0. The third-order valence-electron chi connectivity index (χ3n) is 3.36. The second kappa shape index (κ2) is 8.53. The molecule has 0 bridgehead atoms. The molecule has 1 aromatic carbocycles. The number of carbonyl (C=O) groups is 1. The van der Waals surface area contributed by atoms with Crippen molar-refractivity contribution < 1.29 is 14.3 Å². The SMILES string of the molecule is O=C(CCCOc1cccc(Cl)c1Cl)OCc1nnc2ccc(Cl)nn12. The molecule has 0 amide bonds. The van der Waals surface area contributed by atoms with Crippen LogP contribution in [0, 0.1) is 0 Å². The van der Waals surface area contributed by atoms with Crippen LogP contribution in [-0.4, -0.2) is 32.4 Å². The third kappa shape index (κ3) is 4.55. The third-order valence-corrected chi connectivity index (χ3v) is 4.36. The van der Waals surface area contributed by atoms with Crippen molar-refractivity contribution >= 4 is 46.4 Å². The highest BCUT2D eigenvalue weighted by Crippen LogP contribution is 2.31. The van der Waals surface area contributed by atoms with Crippen molar-refractivity contribution in [2.75, 3.05) is 6.61 Å². The Kier molecular flexibility index (Phi) is 6.13. The van der Waals surface area contributed by atoms with E-state index in [1.54, 1.807) is 30.3 Å². The highest BCUT2D eigenvalue weighted by atomic mass is 35.5. The normalized spacial score (nSPS) is 10.9. The van der Waals surface area contributed by atoms with Gasteiger partial charge in [0.15, 0.2) is 18.1 Å². The number of rotatable bonds is 7. The van der Waals surface area contributed by atoms with Crippen LogP contribution < -0.4 is 4.74 Å². The number of carbonyl (C=O) groups excluding carboxylic acids is 1. The molecule has 2 heterocycles. The Morgan fingerprint density at radius 2 is 1.96 bits per heavy atom. The van der Waals surface area contributed by atoms with E-state index in [0.717, 1.165) is 0 Å². The smallest absolute Gasteiger partial charge is 0.306 e. The largest absolute Gasteiger partial charge is 0.492 e. The van der Waals surface area contributed by atoms with Gasteiger partial charge in [0, 0.05) is 6.42 Å². The first-order valence-corrected chi connectivity index (χ1v) is 8.77. The van der Waals surface area contributed by atoms with Gasteiger partial charge in [0.1, 0.15) is 15.9 Å². The molecule has 0 aliphatic heterocycles. The lowest BCUT2D eigenvalue weighted by molar-refractivity contribution is -0.145. The van der Waals surface area contributed by atoms with Gasteiger partial charge in [-0.2, -0.15) is 9.61 Å². The van der Waals surface area contributed by atoms with Crippen LogP contribution in [0.2, 0.25) is 15.2 Å². The van der Waals surface area contributed by atoms with Gasteiger partial charge in [0.05, 0.1) is 11.6 Å². The molecule has 0 unspecified atom stereocenters. The zero-order valence-corrected chi connectivity index (χ0v) is 15.6. The van der Waals surface area contributed by atoms with Crippen molar-refractivity contribution in [2.24, 2.45) is 0 Å². The molecule has 0 aliphatic carbocycles. The second-order valence-electron chi connectivity index (χ2n) is 5.21. The topological polar surface area (TPSA) is 78.6 Å². The Hall–Kier alpha value is -2.09. The first-order chi connectivity index (χ1) is 12.5. The Balaban J connectivity index is 1.44. The summed E-state index contributed by atoms with van der Waals surface area (Å²) in [4.78, 5) is 11.8. The lowest BCUT2D eigenvalue weighted by Crippen LogP contribution is -2.09. The first-order valence-electron chi connectivity index (χ1n) is 7.64. The highest BCUT2D eigenvalue weighted by Gasteiger charge is 2.11. The molecule has 0 radical (unpaired) electrons. The fraction of sp³-hybridized carbons (Fsp3) is 0.250. The molecule has 0 atom stereocenters. The summed E-state index contributed by atoms with van der Waals surface area (Å²) in [5.74, 6) is 0.479. The summed E-state index contributed by atoms with van der Waals surface area (Å²) < 4.78 is 12.1. The quantitative estimate of drug-likeness (QED) is 0.429. The Bertz CT molecular complexity index is 932. The molecule has 26 heavy (non-hydrogen) atoms. The van der Waals surface area contributed by atoms with Gasteiger partial charge in [-0.15, -0.1) is 10.2 Å².